The molecule has 1 aromatic heterocycles. The van der Waals surface area contributed by atoms with Gasteiger partial charge in [0.1, 0.15) is 18.1 Å². The monoisotopic (exact) mass is 628 g/mol. The van der Waals surface area contributed by atoms with Gasteiger partial charge in [0.2, 0.25) is 0 Å². The van der Waals surface area contributed by atoms with Crippen molar-refractivity contribution in [2.75, 3.05) is 37.5 Å². The van der Waals surface area contributed by atoms with E-state index in [2.05, 4.69) is 33.2 Å². The number of sulfone groups is 1. The Morgan fingerprint density at radius 3 is 2.29 bits per heavy atom. The molecule has 1 atom stereocenters. The Morgan fingerprint density at radius 1 is 1.02 bits per heavy atom. The summed E-state index contributed by atoms with van der Waals surface area (Å²) in [6.45, 7) is 4.07. The first-order valence-corrected chi connectivity index (χ1v) is 15.3. The first-order chi connectivity index (χ1) is 18.9. The molecule has 0 fully saturated rings. The zero-order valence-corrected chi connectivity index (χ0v) is 26.9. The predicted octanol–water partition coefficient (Wildman–Crippen LogP) is 2.53. The number of anilines is 2. The molecule has 0 radical (unpaired) electrons. The number of quaternary nitrogens is 1. The summed E-state index contributed by atoms with van der Waals surface area (Å²) >= 11 is 0. The standard InChI is InChI=1S/C32H37N4O3S.2ClH/c1-22-19-35(29-18-28(33)26-13-9-10-14-27(26)31(22)29)30(37)16-15-24-17-25(34(2)32(24)40(5,38)39)21-36(3,4)20-23-11-7-6-8-12-23;;/h6-18,22H,19-21,33H2,1-5H3;2*1H/q+1;;/p-1/b16-15+;;. The van der Waals surface area contributed by atoms with Gasteiger partial charge in [-0.25, -0.2) is 8.42 Å². The molecule has 1 aliphatic heterocycles. The zero-order valence-electron chi connectivity index (χ0n) is 24.5. The number of nitrogens with zero attached hydrogens (tertiary/aromatic N) is 3. The number of carbonyl (C=O) groups is 1. The van der Waals surface area contributed by atoms with Crippen molar-refractivity contribution in [3.8, 4) is 0 Å². The highest BCUT2D eigenvalue weighted by molar-refractivity contribution is 7.90. The lowest BCUT2D eigenvalue weighted by atomic mass is 9.95. The topological polar surface area (TPSA) is 85.4 Å². The summed E-state index contributed by atoms with van der Waals surface area (Å²) in [5.74, 6) is -0.0531. The highest BCUT2D eigenvalue weighted by Crippen LogP contribution is 2.43. The molecular formula is C32H38Cl2N4O3S. The van der Waals surface area contributed by atoms with Gasteiger partial charge in [-0.3, -0.25) is 4.79 Å². The van der Waals surface area contributed by atoms with E-state index in [4.69, 9.17) is 5.73 Å². The van der Waals surface area contributed by atoms with Crippen LogP contribution in [0.15, 0.2) is 77.8 Å². The molecule has 0 saturated heterocycles. The fraction of sp³-hybridized carbons (Fsp3) is 0.281. The molecule has 0 saturated carbocycles. The molecule has 1 aliphatic rings. The van der Waals surface area contributed by atoms with Crippen molar-refractivity contribution in [3.63, 3.8) is 0 Å². The van der Waals surface area contributed by atoms with Crippen LogP contribution in [0, 0.1) is 0 Å². The molecule has 0 aliphatic carbocycles. The number of hydrogen-bond acceptors (Lipinski definition) is 4. The highest BCUT2D eigenvalue weighted by atomic mass is 35.5. The van der Waals surface area contributed by atoms with E-state index in [0.717, 1.165) is 34.3 Å². The molecule has 7 nitrogen and oxygen atoms in total. The minimum absolute atomic E-state index is 0. The van der Waals surface area contributed by atoms with E-state index in [1.54, 1.807) is 22.6 Å². The van der Waals surface area contributed by atoms with Crippen LogP contribution >= 0.6 is 12.4 Å². The van der Waals surface area contributed by atoms with Crippen molar-refractivity contribution in [2.45, 2.75) is 31.0 Å². The minimum atomic E-state index is -3.55. The van der Waals surface area contributed by atoms with Gasteiger partial charge >= 0.3 is 0 Å². The van der Waals surface area contributed by atoms with E-state index < -0.39 is 9.84 Å². The van der Waals surface area contributed by atoms with Gasteiger partial charge in [0.25, 0.3) is 5.91 Å². The molecule has 4 aromatic rings. The first kappa shape index (κ1) is 33.2. The number of hydrogen-bond donors (Lipinski definition) is 1. The SMILES string of the molecule is CC1CN(C(=O)/C=C/c2cc(C[N+](C)(C)Cc3ccccc3)n(C)c2S(C)(=O)=O)c2cc(N)c3ccccc3c21.Cl.[Cl-]. The molecule has 2 heterocycles. The second kappa shape index (κ2) is 12.5. The molecule has 0 spiro atoms. The number of amides is 1. The average molecular weight is 630 g/mol. The maximum absolute atomic E-state index is 13.5. The highest BCUT2D eigenvalue weighted by Gasteiger charge is 2.31. The molecular weight excluding hydrogens is 591 g/mol. The summed E-state index contributed by atoms with van der Waals surface area (Å²) in [5.41, 5.74) is 11.5. The molecule has 10 heteroatoms. The van der Waals surface area contributed by atoms with Gasteiger partial charge in [-0.1, -0.05) is 61.5 Å². The summed E-state index contributed by atoms with van der Waals surface area (Å²) in [5, 5.41) is 2.26. The number of fused-ring (bicyclic) bond motifs is 3. The Morgan fingerprint density at radius 2 is 1.64 bits per heavy atom. The van der Waals surface area contributed by atoms with Gasteiger partial charge in [0, 0.05) is 54.0 Å². The smallest absolute Gasteiger partial charge is 0.251 e. The summed E-state index contributed by atoms with van der Waals surface area (Å²) in [7, 11) is 2.48. The molecule has 0 bridgehead atoms. The largest absolute Gasteiger partial charge is 1.00 e. The number of carbonyl (C=O) groups excluding carboxylic acids is 1. The first-order valence-electron chi connectivity index (χ1n) is 13.4. The van der Waals surface area contributed by atoms with E-state index in [9.17, 15) is 13.2 Å². The Kier molecular flexibility index (Phi) is 9.89. The zero-order chi connectivity index (χ0) is 28.8. The Labute approximate surface area is 260 Å². The van der Waals surface area contributed by atoms with E-state index in [0.29, 0.717) is 28.8 Å². The van der Waals surface area contributed by atoms with Crippen molar-refractivity contribution < 1.29 is 30.1 Å². The lowest BCUT2D eigenvalue weighted by molar-refractivity contribution is -0.917. The number of halogens is 2. The van der Waals surface area contributed by atoms with Crippen LogP contribution in [0.25, 0.3) is 16.8 Å². The van der Waals surface area contributed by atoms with Gasteiger partial charge in [0.15, 0.2) is 9.84 Å². The maximum Gasteiger partial charge on any atom is 0.251 e. The van der Waals surface area contributed by atoms with Gasteiger partial charge in [-0.05, 0) is 29.2 Å². The van der Waals surface area contributed by atoms with Gasteiger partial charge in [-0.15, -0.1) is 12.4 Å². The van der Waals surface area contributed by atoms with Gasteiger partial charge in [0.05, 0.1) is 25.5 Å². The number of benzene rings is 3. The number of nitrogens with two attached hydrogens (primary N) is 1. The van der Waals surface area contributed by atoms with Crippen LogP contribution in [0.5, 0.6) is 0 Å². The van der Waals surface area contributed by atoms with Crippen LogP contribution in [0.3, 0.4) is 0 Å². The third-order valence-corrected chi connectivity index (χ3v) is 8.92. The Hall–Kier alpha value is -3.30. The number of aromatic nitrogens is 1. The molecule has 224 valence electrons. The van der Waals surface area contributed by atoms with E-state index in [-0.39, 0.29) is 41.7 Å². The van der Waals surface area contributed by atoms with E-state index >= 15 is 0 Å². The fourth-order valence-corrected chi connectivity index (χ4v) is 7.21. The average Bonchev–Trinajstić information content (AvgIpc) is 3.38. The predicted molar refractivity (Wildman–Crippen MR) is 170 cm³/mol. The Bertz CT molecular complexity index is 1750. The summed E-state index contributed by atoms with van der Waals surface area (Å²) in [6.07, 6.45) is 4.32. The minimum Gasteiger partial charge on any atom is -1.00 e. The second-order valence-electron chi connectivity index (χ2n) is 11.6. The van der Waals surface area contributed by atoms with Crippen molar-refractivity contribution in [1.29, 1.82) is 0 Å². The van der Waals surface area contributed by atoms with Crippen molar-refractivity contribution in [2.24, 2.45) is 7.05 Å². The van der Waals surface area contributed by atoms with Gasteiger partial charge < -0.3 is 32.1 Å². The number of nitrogen functional groups attached to an aromatic ring is 1. The molecule has 1 unspecified atom stereocenters. The van der Waals surface area contributed by atoms with Crippen molar-refractivity contribution in [1.82, 2.24) is 4.57 Å². The lowest BCUT2D eigenvalue weighted by Crippen LogP contribution is -3.00. The van der Waals surface area contributed by atoms with Crippen LogP contribution < -0.4 is 23.0 Å². The normalized spacial score (nSPS) is 15.0. The second-order valence-corrected chi connectivity index (χ2v) is 13.5. The van der Waals surface area contributed by atoms with E-state index in [1.165, 1.54) is 17.9 Å². The quantitative estimate of drug-likeness (QED) is 0.194. The van der Waals surface area contributed by atoms with Crippen LogP contribution in [0.1, 0.15) is 35.2 Å². The van der Waals surface area contributed by atoms with Gasteiger partial charge in [-0.2, -0.15) is 0 Å². The lowest BCUT2D eigenvalue weighted by Gasteiger charge is -2.30. The van der Waals surface area contributed by atoms with Crippen LogP contribution in [0.2, 0.25) is 0 Å². The van der Waals surface area contributed by atoms with Crippen LogP contribution in [0.4, 0.5) is 11.4 Å². The molecule has 1 amide bonds. The van der Waals surface area contributed by atoms with Crippen molar-refractivity contribution in [3.05, 3.63) is 95.2 Å². The number of rotatable bonds is 7. The van der Waals surface area contributed by atoms with Crippen LogP contribution in [-0.4, -0.2) is 50.3 Å². The molecule has 42 heavy (non-hydrogen) atoms. The van der Waals surface area contributed by atoms with Crippen molar-refractivity contribution >= 4 is 56.4 Å². The van der Waals surface area contributed by atoms with Crippen LogP contribution in [-0.2, 0) is 34.8 Å². The summed E-state index contributed by atoms with van der Waals surface area (Å²) < 4.78 is 28.1. The third kappa shape index (κ3) is 6.52. The summed E-state index contributed by atoms with van der Waals surface area (Å²) in [6, 6.07) is 22.0. The Balaban J connectivity index is 0.00000242. The third-order valence-electron chi connectivity index (χ3n) is 7.71. The molecule has 3 aromatic carbocycles. The molecule has 2 N–H and O–H groups in total. The maximum atomic E-state index is 13.5. The molecule has 5 rings (SSSR count). The van der Waals surface area contributed by atoms with E-state index in [1.807, 2.05) is 54.6 Å². The summed E-state index contributed by atoms with van der Waals surface area (Å²) in [4.78, 5) is 15.2. The fourth-order valence-electron chi connectivity index (χ4n) is 6.04.